The monoisotopic (exact) mass is 751 g/mol. The topological polar surface area (TPSA) is 78.9 Å². The quantitative estimate of drug-likeness (QED) is 0.0351. The normalized spacial score (nSPS) is 12.5. The molecule has 2 atom stereocenters. The maximum atomic E-state index is 12.7. The minimum atomic E-state index is -0.759. The average Bonchev–Trinajstić information content (AvgIpc) is 3.15. The highest BCUT2D eigenvalue weighted by atomic mass is 16.6. The maximum absolute atomic E-state index is 12.7. The van der Waals surface area contributed by atoms with Gasteiger partial charge in [0, 0.05) is 19.3 Å². The molecule has 314 valence electrons. The van der Waals surface area contributed by atoms with Gasteiger partial charge in [0.1, 0.15) is 13.2 Å². The van der Waals surface area contributed by atoms with Gasteiger partial charge in [0.15, 0.2) is 6.10 Å². The molecule has 0 saturated heterocycles. The lowest BCUT2D eigenvalue weighted by Gasteiger charge is -2.18. The first-order valence-electron chi connectivity index (χ1n) is 23.4. The van der Waals surface area contributed by atoms with E-state index in [4.69, 9.17) is 14.2 Å². The van der Waals surface area contributed by atoms with Crippen LogP contribution < -0.4 is 0 Å². The van der Waals surface area contributed by atoms with Crippen LogP contribution >= 0.6 is 0 Å². The van der Waals surface area contributed by atoms with Crippen LogP contribution in [-0.2, 0) is 28.6 Å². The number of esters is 3. The van der Waals surface area contributed by atoms with E-state index in [0.717, 1.165) is 63.7 Å². The van der Waals surface area contributed by atoms with E-state index >= 15 is 0 Å². The third-order valence-electron chi connectivity index (χ3n) is 10.9. The smallest absolute Gasteiger partial charge is 0.306 e. The third kappa shape index (κ3) is 39.9. The fourth-order valence-corrected chi connectivity index (χ4v) is 6.95. The molecule has 53 heavy (non-hydrogen) atoms. The highest BCUT2D eigenvalue weighted by Crippen LogP contribution is 2.17. The molecule has 0 amide bonds. The molecule has 0 radical (unpaired) electrons. The van der Waals surface area contributed by atoms with Crippen molar-refractivity contribution in [1.29, 1.82) is 0 Å². The molecular formula is C47H90O6. The predicted octanol–water partition coefficient (Wildman–Crippen LogP) is 14.7. The zero-order chi connectivity index (χ0) is 38.9. The van der Waals surface area contributed by atoms with Crippen molar-refractivity contribution in [2.45, 2.75) is 265 Å². The molecule has 0 aromatic carbocycles. The van der Waals surface area contributed by atoms with Gasteiger partial charge in [0.2, 0.25) is 0 Å². The first-order chi connectivity index (χ1) is 25.9. The summed E-state index contributed by atoms with van der Waals surface area (Å²) in [5, 5.41) is 0. The summed E-state index contributed by atoms with van der Waals surface area (Å²) in [5.74, 6) is -0.0418. The SMILES string of the molecule is CCCCCCCCCCCCCCCCCC(=O)OC[C@@H](COC(=O)CCCCCCCCC(C)CC)OC(=O)CCCCCCCCCCCC. The Kier molecular flexibility index (Phi) is 40.3. The summed E-state index contributed by atoms with van der Waals surface area (Å²) in [4.78, 5) is 37.7. The standard InChI is InChI=1S/C47H90O6/c1-5-8-10-12-14-16-18-19-20-21-22-24-25-30-34-38-45(48)51-41-44(53-47(50)40-36-32-26-23-17-15-13-11-9-6-2)42-52-46(49)39-35-31-28-27-29-33-37-43(4)7-3/h43-44H,5-42H2,1-4H3/t43?,44-/m0/s1. The van der Waals surface area contributed by atoms with Crippen molar-refractivity contribution in [3.05, 3.63) is 0 Å². The molecule has 0 fully saturated rings. The summed E-state index contributed by atoms with van der Waals surface area (Å²) in [6, 6.07) is 0. The minimum Gasteiger partial charge on any atom is -0.462 e. The molecule has 0 aliphatic heterocycles. The van der Waals surface area contributed by atoms with Crippen LogP contribution in [0.15, 0.2) is 0 Å². The number of unbranched alkanes of at least 4 members (excludes halogenated alkanes) is 28. The first-order valence-corrected chi connectivity index (χ1v) is 23.4. The predicted molar refractivity (Wildman–Crippen MR) is 224 cm³/mol. The lowest BCUT2D eigenvalue weighted by Crippen LogP contribution is -2.30. The molecule has 0 aliphatic carbocycles. The van der Waals surface area contributed by atoms with Crippen LogP contribution in [0.4, 0.5) is 0 Å². The third-order valence-corrected chi connectivity index (χ3v) is 10.9. The number of carbonyl (C=O) groups excluding carboxylic acids is 3. The second kappa shape index (κ2) is 41.6. The van der Waals surface area contributed by atoms with Crippen LogP contribution in [0, 0.1) is 5.92 Å². The van der Waals surface area contributed by atoms with E-state index in [1.165, 1.54) is 154 Å². The summed E-state index contributed by atoms with van der Waals surface area (Å²) >= 11 is 0. The molecule has 0 bridgehead atoms. The molecule has 0 aromatic heterocycles. The van der Waals surface area contributed by atoms with Gasteiger partial charge in [-0.1, -0.05) is 220 Å². The van der Waals surface area contributed by atoms with Crippen LogP contribution in [-0.4, -0.2) is 37.2 Å². The zero-order valence-corrected chi connectivity index (χ0v) is 36.0. The van der Waals surface area contributed by atoms with Gasteiger partial charge in [-0.15, -0.1) is 0 Å². The molecule has 0 heterocycles. The lowest BCUT2D eigenvalue weighted by atomic mass is 10.00. The Morgan fingerprint density at radius 3 is 0.981 bits per heavy atom. The number of rotatable bonds is 42. The van der Waals surface area contributed by atoms with Crippen molar-refractivity contribution in [2.75, 3.05) is 13.2 Å². The van der Waals surface area contributed by atoms with Crippen LogP contribution in [0.1, 0.15) is 259 Å². The van der Waals surface area contributed by atoms with E-state index < -0.39 is 6.10 Å². The van der Waals surface area contributed by atoms with Gasteiger partial charge in [-0.05, 0) is 25.2 Å². The van der Waals surface area contributed by atoms with Gasteiger partial charge in [-0.25, -0.2) is 0 Å². The van der Waals surface area contributed by atoms with E-state index in [1.807, 2.05) is 0 Å². The number of hydrogen-bond donors (Lipinski definition) is 0. The maximum Gasteiger partial charge on any atom is 0.306 e. The molecule has 1 unspecified atom stereocenters. The van der Waals surface area contributed by atoms with Gasteiger partial charge in [0.05, 0.1) is 0 Å². The Labute approximate surface area is 329 Å². The molecule has 0 spiro atoms. The molecule has 0 aromatic rings. The van der Waals surface area contributed by atoms with Crippen LogP contribution in [0.3, 0.4) is 0 Å². The Balaban J connectivity index is 4.29. The molecule has 6 heteroatoms. The number of carbonyl (C=O) groups is 3. The Morgan fingerprint density at radius 1 is 0.377 bits per heavy atom. The van der Waals surface area contributed by atoms with Gasteiger partial charge in [-0.2, -0.15) is 0 Å². The van der Waals surface area contributed by atoms with Crippen LogP contribution in [0.25, 0.3) is 0 Å². The summed E-state index contributed by atoms with van der Waals surface area (Å²) in [5.41, 5.74) is 0. The molecule has 0 aliphatic rings. The summed E-state index contributed by atoms with van der Waals surface area (Å²) in [7, 11) is 0. The van der Waals surface area contributed by atoms with Crippen LogP contribution in [0.2, 0.25) is 0 Å². The Morgan fingerprint density at radius 2 is 0.660 bits per heavy atom. The van der Waals surface area contributed by atoms with Crippen molar-refractivity contribution in [2.24, 2.45) is 5.92 Å². The van der Waals surface area contributed by atoms with Gasteiger partial charge >= 0.3 is 17.9 Å². The van der Waals surface area contributed by atoms with Crippen molar-refractivity contribution in [1.82, 2.24) is 0 Å². The Hall–Kier alpha value is -1.59. The zero-order valence-electron chi connectivity index (χ0n) is 36.0. The fraction of sp³-hybridized carbons (Fsp3) is 0.936. The van der Waals surface area contributed by atoms with Gasteiger partial charge in [0.25, 0.3) is 0 Å². The summed E-state index contributed by atoms with van der Waals surface area (Å²) in [6.07, 6.45) is 40.9. The highest BCUT2D eigenvalue weighted by Gasteiger charge is 2.19. The van der Waals surface area contributed by atoms with E-state index in [-0.39, 0.29) is 31.1 Å². The average molecular weight is 751 g/mol. The molecule has 0 rings (SSSR count). The summed E-state index contributed by atoms with van der Waals surface area (Å²) < 4.78 is 16.7. The van der Waals surface area contributed by atoms with Crippen LogP contribution in [0.5, 0.6) is 0 Å². The van der Waals surface area contributed by atoms with E-state index in [2.05, 4.69) is 27.7 Å². The first kappa shape index (κ1) is 51.4. The van der Waals surface area contributed by atoms with Crippen molar-refractivity contribution >= 4 is 17.9 Å². The second-order valence-corrected chi connectivity index (χ2v) is 16.3. The largest absolute Gasteiger partial charge is 0.462 e. The van der Waals surface area contributed by atoms with E-state index in [0.29, 0.717) is 19.3 Å². The minimum absolute atomic E-state index is 0.0642. The van der Waals surface area contributed by atoms with Crippen molar-refractivity contribution < 1.29 is 28.6 Å². The van der Waals surface area contributed by atoms with Crippen molar-refractivity contribution in [3.63, 3.8) is 0 Å². The highest BCUT2D eigenvalue weighted by molar-refractivity contribution is 5.71. The van der Waals surface area contributed by atoms with E-state index in [1.54, 1.807) is 0 Å². The van der Waals surface area contributed by atoms with Gasteiger partial charge in [-0.3, -0.25) is 14.4 Å². The van der Waals surface area contributed by atoms with Crippen molar-refractivity contribution in [3.8, 4) is 0 Å². The molecular weight excluding hydrogens is 661 g/mol. The Bertz CT molecular complexity index is 798. The fourth-order valence-electron chi connectivity index (χ4n) is 6.95. The molecule has 6 nitrogen and oxygen atoms in total. The molecule has 0 saturated carbocycles. The second-order valence-electron chi connectivity index (χ2n) is 16.3. The summed E-state index contributed by atoms with van der Waals surface area (Å²) in [6.45, 7) is 8.96. The van der Waals surface area contributed by atoms with E-state index in [9.17, 15) is 14.4 Å². The molecule has 0 N–H and O–H groups in total. The van der Waals surface area contributed by atoms with Gasteiger partial charge < -0.3 is 14.2 Å². The number of ether oxygens (including phenoxy) is 3. The lowest BCUT2D eigenvalue weighted by molar-refractivity contribution is -0.167. The number of hydrogen-bond acceptors (Lipinski definition) is 6.